The van der Waals surface area contributed by atoms with E-state index in [0.717, 1.165) is 30.0 Å². The van der Waals surface area contributed by atoms with Crippen LogP contribution in [0, 0.1) is 0 Å². The second-order valence-electron chi connectivity index (χ2n) is 5.39. The van der Waals surface area contributed by atoms with Crippen molar-refractivity contribution in [3.63, 3.8) is 0 Å². The summed E-state index contributed by atoms with van der Waals surface area (Å²) in [6.07, 6.45) is 2.46. The first-order chi connectivity index (χ1) is 10.5. The van der Waals surface area contributed by atoms with Crippen molar-refractivity contribution in [1.29, 1.82) is 0 Å². The summed E-state index contributed by atoms with van der Waals surface area (Å²) in [4.78, 5) is 27.3. The van der Waals surface area contributed by atoms with E-state index in [1.54, 1.807) is 24.0 Å². The largest absolute Gasteiger partial charge is 0.365 e. The molecule has 0 saturated heterocycles. The minimum Gasteiger partial charge on any atom is -0.365 e. The molecule has 0 unspecified atom stereocenters. The normalized spacial score (nSPS) is 14.0. The number of aryl methyl sites for hydroxylation is 1. The number of nitrogens with two attached hydrogens (primary N) is 1. The van der Waals surface area contributed by atoms with E-state index in [9.17, 15) is 9.59 Å². The van der Waals surface area contributed by atoms with E-state index in [0.29, 0.717) is 16.3 Å². The fourth-order valence-electron chi connectivity index (χ4n) is 2.58. The van der Waals surface area contributed by atoms with Crippen LogP contribution >= 0.6 is 23.7 Å². The molecule has 3 rings (SSSR count). The highest BCUT2D eigenvalue weighted by atomic mass is 35.5. The van der Waals surface area contributed by atoms with Gasteiger partial charge in [-0.3, -0.25) is 14.3 Å². The van der Waals surface area contributed by atoms with Gasteiger partial charge in [0, 0.05) is 31.2 Å². The predicted octanol–water partition coefficient (Wildman–Crippen LogP) is 1.24. The maximum Gasteiger partial charge on any atom is 0.276 e. The molecule has 2 amide bonds. The molecule has 0 fully saturated rings. The first-order valence-corrected chi connectivity index (χ1v) is 7.71. The number of thiophene rings is 1. The Labute approximate surface area is 143 Å². The molecule has 3 N–H and O–H groups in total. The van der Waals surface area contributed by atoms with Crippen molar-refractivity contribution in [2.24, 2.45) is 12.8 Å². The number of carbonyl (C=O) groups is 2. The molecule has 9 heteroatoms. The second-order valence-corrected chi connectivity index (χ2v) is 6.49. The fourth-order valence-corrected chi connectivity index (χ4v) is 3.91. The number of carbonyl (C=O) groups excluding carboxylic acids is 2. The lowest BCUT2D eigenvalue weighted by atomic mass is 10.0. The van der Waals surface area contributed by atoms with Crippen LogP contribution in [0.5, 0.6) is 0 Å². The highest BCUT2D eigenvalue weighted by molar-refractivity contribution is 7.17. The number of amides is 2. The van der Waals surface area contributed by atoms with Crippen molar-refractivity contribution in [2.75, 3.05) is 18.9 Å². The molecule has 0 bridgehead atoms. The molecule has 0 spiro atoms. The lowest BCUT2D eigenvalue weighted by molar-refractivity contribution is 0.1000. The number of aromatic nitrogens is 2. The van der Waals surface area contributed by atoms with E-state index in [1.807, 2.05) is 7.05 Å². The molecule has 1 aliphatic rings. The summed E-state index contributed by atoms with van der Waals surface area (Å²) >= 11 is 1.41. The van der Waals surface area contributed by atoms with E-state index >= 15 is 0 Å². The van der Waals surface area contributed by atoms with Crippen molar-refractivity contribution in [3.8, 4) is 0 Å². The number of halogens is 1. The maximum atomic E-state index is 12.2. The summed E-state index contributed by atoms with van der Waals surface area (Å²) in [6.45, 7) is 1.64. The first kappa shape index (κ1) is 17.5. The summed E-state index contributed by atoms with van der Waals surface area (Å²) in [5.41, 5.74) is 7.23. The quantitative estimate of drug-likeness (QED) is 0.866. The average molecular weight is 356 g/mol. The number of hydrogen-bond donors (Lipinski definition) is 2. The van der Waals surface area contributed by atoms with Crippen molar-refractivity contribution in [3.05, 3.63) is 34.0 Å². The van der Waals surface area contributed by atoms with Gasteiger partial charge < -0.3 is 16.0 Å². The van der Waals surface area contributed by atoms with Crippen molar-refractivity contribution >= 4 is 40.6 Å². The third-order valence-corrected chi connectivity index (χ3v) is 4.80. The molecule has 2 aromatic rings. The van der Waals surface area contributed by atoms with Crippen LogP contribution in [-0.4, -0.2) is 40.1 Å². The molecule has 0 radical (unpaired) electrons. The zero-order chi connectivity index (χ0) is 15.9. The number of rotatable bonds is 3. The maximum absolute atomic E-state index is 12.2. The number of likely N-dealkylation sites (N-methyl/N-ethyl adjacent to an activating group) is 1. The third-order valence-electron chi connectivity index (χ3n) is 3.67. The smallest absolute Gasteiger partial charge is 0.276 e. The Kier molecular flexibility index (Phi) is 5.08. The van der Waals surface area contributed by atoms with Gasteiger partial charge >= 0.3 is 0 Å². The van der Waals surface area contributed by atoms with Crippen LogP contribution in [-0.2, 0) is 20.0 Å². The van der Waals surface area contributed by atoms with Crippen LogP contribution in [0.3, 0.4) is 0 Å². The van der Waals surface area contributed by atoms with Crippen LogP contribution in [0.25, 0.3) is 0 Å². The topological polar surface area (TPSA) is 93.2 Å². The fraction of sp³-hybridized carbons (Fsp3) is 0.357. The van der Waals surface area contributed by atoms with E-state index < -0.39 is 5.91 Å². The van der Waals surface area contributed by atoms with E-state index in [4.69, 9.17) is 5.73 Å². The molecule has 124 valence electrons. The lowest BCUT2D eigenvalue weighted by Gasteiger charge is -2.22. The number of hydrogen-bond acceptors (Lipinski definition) is 5. The Morgan fingerprint density at radius 3 is 2.74 bits per heavy atom. The summed E-state index contributed by atoms with van der Waals surface area (Å²) < 4.78 is 1.55. The second kappa shape index (κ2) is 6.69. The van der Waals surface area contributed by atoms with Gasteiger partial charge in [0.05, 0.1) is 5.56 Å². The Balaban J connectivity index is 0.00000192. The molecule has 0 aliphatic carbocycles. The minimum atomic E-state index is -0.502. The van der Waals surface area contributed by atoms with Gasteiger partial charge in [-0.15, -0.1) is 23.7 Å². The Bertz CT molecular complexity index is 754. The molecule has 2 aromatic heterocycles. The van der Waals surface area contributed by atoms with Gasteiger partial charge in [-0.1, -0.05) is 0 Å². The summed E-state index contributed by atoms with van der Waals surface area (Å²) in [5, 5.41) is 7.36. The van der Waals surface area contributed by atoms with E-state index in [2.05, 4.69) is 15.3 Å². The number of nitrogens with one attached hydrogen (secondary N) is 1. The average Bonchev–Trinajstić information content (AvgIpc) is 3.01. The molecular formula is C14H18ClN5O2S. The van der Waals surface area contributed by atoms with Gasteiger partial charge in [0.25, 0.3) is 11.8 Å². The lowest BCUT2D eigenvalue weighted by Crippen LogP contribution is -2.27. The van der Waals surface area contributed by atoms with Crippen molar-refractivity contribution in [1.82, 2.24) is 14.7 Å². The monoisotopic (exact) mass is 355 g/mol. The summed E-state index contributed by atoms with van der Waals surface area (Å²) in [6, 6.07) is 1.63. The highest BCUT2D eigenvalue weighted by Gasteiger charge is 2.27. The number of fused-ring (bicyclic) bond motifs is 1. The molecular weight excluding hydrogens is 338 g/mol. The van der Waals surface area contributed by atoms with Crippen molar-refractivity contribution < 1.29 is 9.59 Å². The van der Waals surface area contributed by atoms with Gasteiger partial charge in [-0.05, 0) is 25.1 Å². The summed E-state index contributed by atoms with van der Waals surface area (Å²) in [7, 11) is 3.77. The number of primary amides is 1. The molecule has 1 aliphatic heterocycles. The molecule has 0 saturated carbocycles. The van der Waals surface area contributed by atoms with Gasteiger partial charge in [-0.2, -0.15) is 5.10 Å². The van der Waals surface area contributed by atoms with E-state index in [1.165, 1.54) is 11.3 Å². The molecule has 7 nitrogen and oxygen atoms in total. The first-order valence-electron chi connectivity index (χ1n) is 6.89. The predicted molar refractivity (Wildman–Crippen MR) is 91.3 cm³/mol. The Morgan fingerprint density at radius 1 is 1.39 bits per heavy atom. The molecule has 3 heterocycles. The van der Waals surface area contributed by atoms with E-state index in [-0.39, 0.29) is 18.3 Å². The minimum absolute atomic E-state index is 0. The molecule has 0 atom stereocenters. The number of nitrogens with zero attached hydrogens (tertiary/aromatic N) is 3. The standard InChI is InChI=1S/C14H17N5O2S.ClH/c1-18-5-3-8-10(7-18)22-14(11(8)12(15)20)16-13(21)9-4-6-19(2)17-9;/h4,6H,3,5,7H2,1-2H3,(H2,15,20)(H,16,21);1H. The molecule has 23 heavy (non-hydrogen) atoms. The molecule has 0 aromatic carbocycles. The van der Waals surface area contributed by atoms with Crippen LogP contribution < -0.4 is 11.1 Å². The zero-order valence-electron chi connectivity index (χ0n) is 12.8. The zero-order valence-corrected chi connectivity index (χ0v) is 14.5. The van der Waals surface area contributed by atoms with Crippen LogP contribution in [0.4, 0.5) is 5.00 Å². The van der Waals surface area contributed by atoms with Crippen LogP contribution in [0.1, 0.15) is 31.3 Å². The van der Waals surface area contributed by atoms with Gasteiger partial charge in [0.2, 0.25) is 0 Å². The van der Waals surface area contributed by atoms with Gasteiger partial charge in [0.1, 0.15) is 5.00 Å². The van der Waals surface area contributed by atoms with Gasteiger partial charge in [0.15, 0.2) is 5.69 Å². The Morgan fingerprint density at radius 2 is 2.13 bits per heavy atom. The Hall–Kier alpha value is -1.90. The van der Waals surface area contributed by atoms with Crippen LogP contribution in [0.2, 0.25) is 0 Å². The SMILES string of the molecule is CN1CCc2c(sc(NC(=O)c3ccn(C)n3)c2C(N)=O)C1.Cl. The summed E-state index contributed by atoms with van der Waals surface area (Å²) in [5.74, 6) is -0.839. The van der Waals surface area contributed by atoms with Gasteiger partial charge in [-0.25, -0.2) is 0 Å². The van der Waals surface area contributed by atoms with Crippen LogP contribution in [0.15, 0.2) is 12.3 Å². The highest BCUT2D eigenvalue weighted by Crippen LogP contribution is 2.36. The third kappa shape index (κ3) is 3.39. The van der Waals surface area contributed by atoms with Crippen molar-refractivity contribution in [2.45, 2.75) is 13.0 Å². The number of anilines is 1.